The zero-order chi connectivity index (χ0) is 19.4. The lowest BCUT2D eigenvalue weighted by atomic mass is 9.50. The van der Waals surface area contributed by atoms with Crippen molar-refractivity contribution in [2.45, 2.75) is 97.5 Å². The summed E-state index contributed by atoms with van der Waals surface area (Å²) in [5.41, 5.74) is 1.48. The predicted octanol–water partition coefficient (Wildman–Crippen LogP) is 5.93. The van der Waals surface area contributed by atoms with Crippen molar-refractivity contribution in [1.82, 2.24) is 0 Å². The quantitative estimate of drug-likeness (QED) is 0.664. The Labute approximate surface area is 166 Å². The lowest BCUT2D eigenvalue weighted by molar-refractivity contribution is -0.116. The van der Waals surface area contributed by atoms with Gasteiger partial charge >= 0.3 is 0 Å². The molecule has 0 saturated heterocycles. The average Bonchev–Trinajstić information content (AvgIpc) is 2.96. The van der Waals surface area contributed by atoms with Gasteiger partial charge in [-0.3, -0.25) is 4.79 Å². The van der Waals surface area contributed by atoms with Gasteiger partial charge in [0.1, 0.15) is 0 Å². The first-order valence-electron chi connectivity index (χ1n) is 11.6. The van der Waals surface area contributed by atoms with Crippen molar-refractivity contribution in [3.05, 3.63) is 11.6 Å². The summed E-state index contributed by atoms with van der Waals surface area (Å²) in [6.45, 7) is 8.96. The number of allylic oxidation sites excluding steroid dienone is 1. The second-order valence-electron chi connectivity index (χ2n) is 11.4. The minimum atomic E-state index is -0.532. The number of hydrogen-bond acceptors (Lipinski definition) is 2. The van der Waals surface area contributed by atoms with Crippen LogP contribution in [0.25, 0.3) is 0 Å². The maximum atomic E-state index is 11.9. The first-order valence-corrected chi connectivity index (χ1v) is 11.6. The molecule has 0 aromatic carbocycles. The highest BCUT2D eigenvalue weighted by Crippen LogP contribution is 2.65. The van der Waals surface area contributed by atoms with E-state index in [0.717, 1.165) is 55.3 Å². The minimum absolute atomic E-state index is 0.377. The van der Waals surface area contributed by atoms with E-state index in [0.29, 0.717) is 17.1 Å². The molecule has 0 aliphatic heterocycles. The summed E-state index contributed by atoms with van der Waals surface area (Å²) >= 11 is 0. The van der Waals surface area contributed by atoms with Crippen LogP contribution in [0.1, 0.15) is 91.9 Å². The number of carbonyl (C=O) groups is 1. The molecule has 0 radical (unpaired) electrons. The smallest absolute Gasteiger partial charge is 0.155 e. The van der Waals surface area contributed by atoms with Crippen LogP contribution >= 0.6 is 0 Å². The molecule has 6 unspecified atom stereocenters. The summed E-state index contributed by atoms with van der Waals surface area (Å²) in [5, 5.41) is 10.2. The predicted molar refractivity (Wildman–Crippen MR) is 110 cm³/mol. The number of rotatable bonds is 4. The molecule has 3 fully saturated rings. The van der Waals surface area contributed by atoms with Gasteiger partial charge in [0.15, 0.2) is 5.78 Å². The van der Waals surface area contributed by atoms with Gasteiger partial charge < -0.3 is 5.11 Å². The largest absolute Gasteiger partial charge is 0.390 e. The lowest BCUT2D eigenvalue weighted by Gasteiger charge is -2.54. The Bertz CT molecular complexity index is 612. The van der Waals surface area contributed by atoms with E-state index in [-0.39, 0.29) is 0 Å². The summed E-state index contributed by atoms with van der Waals surface area (Å²) < 4.78 is 0. The minimum Gasteiger partial charge on any atom is -0.390 e. The van der Waals surface area contributed by atoms with E-state index in [4.69, 9.17) is 0 Å². The van der Waals surface area contributed by atoms with Crippen molar-refractivity contribution in [2.24, 2.45) is 40.9 Å². The second kappa shape index (κ2) is 7.01. The van der Waals surface area contributed by atoms with E-state index in [1.165, 1.54) is 44.1 Å². The molecule has 2 heteroatoms. The van der Waals surface area contributed by atoms with Crippen molar-refractivity contribution >= 4 is 5.78 Å². The van der Waals surface area contributed by atoms with Crippen LogP contribution in [-0.2, 0) is 4.79 Å². The summed E-state index contributed by atoms with van der Waals surface area (Å²) in [6, 6.07) is 0. The SMILES string of the molecule is C[C@H](CCC(C)(C)O)C1CCC2C3CCC4=CC(=O)CCC4C3CCC21C. The van der Waals surface area contributed by atoms with Crippen molar-refractivity contribution in [2.75, 3.05) is 0 Å². The Balaban J connectivity index is 1.48. The zero-order valence-corrected chi connectivity index (χ0v) is 18.0. The monoisotopic (exact) mass is 372 g/mol. The number of ketones is 1. The van der Waals surface area contributed by atoms with Gasteiger partial charge in [0.25, 0.3) is 0 Å². The average molecular weight is 373 g/mol. The molecule has 0 spiro atoms. The molecular formula is C25H40O2. The Morgan fingerprint density at radius 3 is 2.67 bits per heavy atom. The number of aliphatic hydroxyl groups is 1. The van der Waals surface area contributed by atoms with Crippen LogP contribution in [0.5, 0.6) is 0 Å². The highest BCUT2D eigenvalue weighted by molar-refractivity contribution is 5.91. The fourth-order valence-electron chi connectivity index (χ4n) is 7.94. The highest BCUT2D eigenvalue weighted by atomic mass is 16.3. The third kappa shape index (κ3) is 3.56. The van der Waals surface area contributed by atoms with E-state index in [1.807, 2.05) is 19.9 Å². The van der Waals surface area contributed by atoms with E-state index in [2.05, 4.69) is 13.8 Å². The Morgan fingerprint density at radius 2 is 1.93 bits per heavy atom. The maximum absolute atomic E-state index is 11.9. The molecule has 4 aliphatic carbocycles. The van der Waals surface area contributed by atoms with E-state index >= 15 is 0 Å². The first kappa shape index (κ1) is 19.7. The van der Waals surface area contributed by atoms with Crippen LogP contribution in [0.15, 0.2) is 11.6 Å². The van der Waals surface area contributed by atoms with Crippen LogP contribution in [0, 0.1) is 40.9 Å². The lowest BCUT2D eigenvalue weighted by Crippen LogP contribution is -2.47. The van der Waals surface area contributed by atoms with Crippen molar-refractivity contribution in [1.29, 1.82) is 0 Å². The Morgan fingerprint density at radius 1 is 1.15 bits per heavy atom. The molecule has 3 saturated carbocycles. The molecule has 0 amide bonds. The molecule has 0 aromatic rings. The second-order valence-corrected chi connectivity index (χ2v) is 11.4. The molecule has 0 aromatic heterocycles. The van der Waals surface area contributed by atoms with Crippen LogP contribution in [0.3, 0.4) is 0 Å². The molecule has 152 valence electrons. The van der Waals surface area contributed by atoms with Crippen molar-refractivity contribution in [3.63, 3.8) is 0 Å². The molecule has 1 N–H and O–H groups in total. The fraction of sp³-hybridized carbons (Fsp3) is 0.880. The van der Waals surface area contributed by atoms with Gasteiger partial charge in [0.2, 0.25) is 0 Å². The summed E-state index contributed by atoms with van der Waals surface area (Å²) in [5.74, 6) is 5.28. The van der Waals surface area contributed by atoms with Gasteiger partial charge in [-0.05, 0) is 119 Å². The van der Waals surface area contributed by atoms with Gasteiger partial charge in [-0.1, -0.05) is 19.4 Å². The molecule has 0 heterocycles. The zero-order valence-electron chi connectivity index (χ0n) is 18.0. The van der Waals surface area contributed by atoms with Crippen LogP contribution in [0.4, 0.5) is 0 Å². The topological polar surface area (TPSA) is 37.3 Å². The van der Waals surface area contributed by atoms with Crippen molar-refractivity contribution < 1.29 is 9.90 Å². The molecule has 4 rings (SSSR count). The van der Waals surface area contributed by atoms with E-state index < -0.39 is 5.60 Å². The van der Waals surface area contributed by atoms with Crippen LogP contribution < -0.4 is 0 Å². The summed E-state index contributed by atoms with van der Waals surface area (Å²) in [4.78, 5) is 11.9. The van der Waals surface area contributed by atoms with Gasteiger partial charge in [-0.2, -0.15) is 0 Å². The Kier molecular flexibility index (Phi) is 5.11. The highest BCUT2D eigenvalue weighted by Gasteiger charge is 2.56. The number of hydrogen-bond donors (Lipinski definition) is 1. The normalized spacial score (nSPS) is 42.8. The molecule has 0 bridgehead atoms. The maximum Gasteiger partial charge on any atom is 0.155 e. The third-order valence-corrected chi connectivity index (χ3v) is 9.27. The Hall–Kier alpha value is -0.630. The summed E-state index contributed by atoms with van der Waals surface area (Å²) in [7, 11) is 0. The molecular weight excluding hydrogens is 332 g/mol. The summed E-state index contributed by atoms with van der Waals surface area (Å²) in [6.07, 6.45) is 14.1. The van der Waals surface area contributed by atoms with Gasteiger partial charge in [0.05, 0.1) is 5.60 Å². The third-order valence-electron chi connectivity index (χ3n) is 9.27. The fourth-order valence-corrected chi connectivity index (χ4v) is 7.94. The molecule has 27 heavy (non-hydrogen) atoms. The van der Waals surface area contributed by atoms with Crippen LogP contribution in [-0.4, -0.2) is 16.5 Å². The standard InChI is InChI=1S/C25H40O2/c1-16(11-13-24(2,3)27)22-9-10-23-21-7-5-17-15-18(26)6-8-19(17)20(21)12-14-25(22,23)4/h15-16,19-23,27H,5-14H2,1-4H3/t16-,19?,20?,21?,22?,23?,25?/m1/s1. The van der Waals surface area contributed by atoms with Gasteiger partial charge in [-0.15, -0.1) is 0 Å². The van der Waals surface area contributed by atoms with Crippen LogP contribution in [0.2, 0.25) is 0 Å². The first-order chi connectivity index (χ1) is 12.7. The number of fused-ring (bicyclic) bond motifs is 5. The van der Waals surface area contributed by atoms with Gasteiger partial charge in [0, 0.05) is 6.42 Å². The van der Waals surface area contributed by atoms with Crippen molar-refractivity contribution in [3.8, 4) is 0 Å². The molecule has 2 nitrogen and oxygen atoms in total. The van der Waals surface area contributed by atoms with Gasteiger partial charge in [-0.25, -0.2) is 0 Å². The molecule has 7 atom stereocenters. The molecule has 4 aliphatic rings. The number of carbonyl (C=O) groups excluding carboxylic acids is 1. The van der Waals surface area contributed by atoms with E-state index in [9.17, 15) is 9.90 Å². The van der Waals surface area contributed by atoms with E-state index in [1.54, 1.807) is 0 Å².